The van der Waals surface area contributed by atoms with Crippen LogP contribution in [0.1, 0.15) is 44.1 Å². The second-order valence-electron chi connectivity index (χ2n) is 6.23. The zero-order valence-electron chi connectivity index (χ0n) is 11.6. The largest absolute Gasteiger partial charge is 0.390 e. The highest BCUT2D eigenvalue weighted by atomic mass is 32.2. The van der Waals surface area contributed by atoms with Crippen LogP contribution in [-0.2, 0) is 17.2 Å². The Morgan fingerprint density at radius 2 is 1.90 bits per heavy atom. The van der Waals surface area contributed by atoms with Gasteiger partial charge in [-0.1, -0.05) is 24.6 Å². The quantitative estimate of drug-likeness (QED) is 0.931. The van der Waals surface area contributed by atoms with Crippen LogP contribution < -0.4 is 0 Å². The fraction of sp³-hybridized carbons (Fsp3) is 0.625. The number of halogens is 1. The Hall–Kier alpha value is -0.740. The maximum absolute atomic E-state index is 13.6. The molecule has 2 nitrogen and oxygen atoms in total. The zero-order chi connectivity index (χ0) is 14.2. The van der Waals surface area contributed by atoms with Gasteiger partial charge in [-0.3, -0.25) is 4.21 Å². The second kappa shape index (κ2) is 5.57. The minimum Gasteiger partial charge on any atom is -0.390 e. The van der Waals surface area contributed by atoms with Crippen LogP contribution in [0.4, 0.5) is 4.39 Å². The maximum Gasteiger partial charge on any atom is 0.126 e. The fourth-order valence-electron chi connectivity index (χ4n) is 3.65. The maximum atomic E-state index is 13.6. The molecule has 0 radical (unpaired) electrons. The van der Waals surface area contributed by atoms with Crippen LogP contribution >= 0.6 is 0 Å². The van der Waals surface area contributed by atoms with Gasteiger partial charge in [0.05, 0.1) is 5.60 Å². The van der Waals surface area contributed by atoms with E-state index in [4.69, 9.17) is 0 Å². The van der Waals surface area contributed by atoms with Crippen molar-refractivity contribution in [1.29, 1.82) is 0 Å². The van der Waals surface area contributed by atoms with Crippen LogP contribution in [0, 0.1) is 5.82 Å². The molecule has 2 saturated heterocycles. The summed E-state index contributed by atoms with van der Waals surface area (Å²) in [5.74, 6) is -0.198. The fourth-order valence-corrected chi connectivity index (χ4v) is 5.94. The van der Waals surface area contributed by atoms with Crippen molar-refractivity contribution in [1.82, 2.24) is 0 Å². The number of aliphatic hydroxyl groups is 1. The number of benzene rings is 1. The summed E-state index contributed by atoms with van der Waals surface area (Å²) in [6.07, 6.45) is 5.41. The van der Waals surface area contributed by atoms with Crippen molar-refractivity contribution in [3.05, 3.63) is 35.6 Å². The van der Waals surface area contributed by atoms with Gasteiger partial charge < -0.3 is 5.11 Å². The predicted molar refractivity (Wildman–Crippen MR) is 78.5 cm³/mol. The van der Waals surface area contributed by atoms with Crippen LogP contribution in [0.3, 0.4) is 0 Å². The van der Waals surface area contributed by atoms with Crippen molar-refractivity contribution in [2.45, 2.75) is 61.0 Å². The molecular formula is C16H21FO2S. The van der Waals surface area contributed by atoms with E-state index in [9.17, 15) is 13.7 Å². The van der Waals surface area contributed by atoms with Crippen molar-refractivity contribution in [3.8, 4) is 0 Å². The van der Waals surface area contributed by atoms with E-state index < -0.39 is 16.4 Å². The first-order chi connectivity index (χ1) is 9.57. The molecule has 0 saturated carbocycles. The van der Waals surface area contributed by atoms with Gasteiger partial charge in [0.25, 0.3) is 0 Å². The summed E-state index contributed by atoms with van der Waals surface area (Å²) < 4.78 is 25.8. The number of rotatable bonds is 3. The van der Waals surface area contributed by atoms with Crippen molar-refractivity contribution < 1.29 is 13.7 Å². The minimum atomic E-state index is -0.769. The van der Waals surface area contributed by atoms with E-state index in [-0.39, 0.29) is 16.3 Å². The van der Waals surface area contributed by atoms with Crippen molar-refractivity contribution in [3.63, 3.8) is 0 Å². The average molecular weight is 296 g/mol. The summed E-state index contributed by atoms with van der Waals surface area (Å²) >= 11 is 0. The molecule has 0 aromatic heterocycles. The molecule has 4 heteroatoms. The molecule has 0 amide bonds. The molecule has 1 N–H and O–H groups in total. The highest BCUT2D eigenvalue weighted by Crippen LogP contribution is 2.41. The molecule has 20 heavy (non-hydrogen) atoms. The lowest BCUT2D eigenvalue weighted by molar-refractivity contribution is 0.00325. The van der Waals surface area contributed by atoms with Crippen molar-refractivity contribution >= 4 is 10.8 Å². The van der Waals surface area contributed by atoms with E-state index in [1.165, 1.54) is 6.07 Å². The molecule has 2 fully saturated rings. The van der Waals surface area contributed by atoms with Gasteiger partial charge in [-0.15, -0.1) is 0 Å². The first-order valence-electron chi connectivity index (χ1n) is 7.43. The SMILES string of the molecule is O=S1C2CCCC1CC(O)(CCc1ccccc1F)C2. The molecule has 110 valence electrons. The lowest BCUT2D eigenvalue weighted by atomic mass is 9.81. The highest BCUT2D eigenvalue weighted by Gasteiger charge is 2.45. The molecule has 2 bridgehead atoms. The monoisotopic (exact) mass is 296 g/mol. The topological polar surface area (TPSA) is 37.3 Å². The van der Waals surface area contributed by atoms with Crippen LogP contribution in [0.2, 0.25) is 0 Å². The molecule has 2 aliphatic rings. The number of hydrogen-bond donors (Lipinski definition) is 1. The van der Waals surface area contributed by atoms with Gasteiger partial charge in [-0.2, -0.15) is 0 Å². The Balaban J connectivity index is 1.68. The summed E-state index contributed by atoms with van der Waals surface area (Å²) in [6.45, 7) is 0. The third kappa shape index (κ3) is 2.82. The van der Waals surface area contributed by atoms with Crippen molar-refractivity contribution in [2.75, 3.05) is 0 Å². The average Bonchev–Trinajstić information content (AvgIpc) is 2.40. The van der Waals surface area contributed by atoms with Gasteiger partial charge in [0.15, 0.2) is 0 Å². The Labute approximate surface area is 121 Å². The van der Waals surface area contributed by atoms with Gasteiger partial charge in [0, 0.05) is 21.3 Å². The van der Waals surface area contributed by atoms with E-state index >= 15 is 0 Å². The molecule has 1 aromatic carbocycles. The molecule has 0 aliphatic carbocycles. The van der Waals surface area contributed by atoms with Gasteiger partial charge in [-0.05, 0) is 50.2 Å². The van der Waals surface area contributed by atoms with Gasteiger partial charge >= 0.3 is 0 Å². The first kappa shape index (κ1) is 14.2. The second-order valence-corrected chi connectivity index (χ2v) is 8.22. The summed E-state index contributed by atoms with van der Waals surface area (Å²) in [5.41, 5.74) is -0.0934. The third-order valence-electron chi connectivity index (χ3n) is 4.74. The number of hydrogen-bond acceptors (Lipinski definition) is 2. The molecular weight excluding hydrogens is 275 g/mol. The van der Waals surface area contributed by atoms with E-state index in [0.717, 1.165) is 19.3 Å². The highest BCUT2D eigenvalue weighted by molar-refractivity contribution is 7.86. The number of fused-ring (bicyclic) bond motifs is 2. The molecule has 3 rings (SSSR count). The third-order valence-corrected chi connectivity index (χ3v) is 6.86. The smallest absolute Gasteiger partial charge is 0.126 e. The molecule has 2 unspecified atom stereocenters. The molecule has 2 atom stereocenters. The first-order valence-corrected chi connectivity index (χ1v) is 8.70. The van der Waals surface area contributed by atoms with Crippen LogP contribution in [0.15, 0.2) is 24.3 Å². The van der Waals surface area contributed by atoms with E-state index in [2.05, 4.69) is 0 Å². The molecule has 2 heterocycles. The van der Waals surface area contributed by atoms with E-state index in [1.807, 2.05) is 6.07 Å². The summed E-state index contributed by atoms with van der Waals surface area (Å²) in [5, 5.41) is 11.1. The van der Waals surface area contributed by atoms with E-state index in [1.54, 1.807) is 12.1 Å². The minimum absolute atomic E-state index is 0.146. The molecule has 0 spiro atoms. The lowest BCUT2D eigenvalue weighted by Crippen LogP contribution is -2.49. The summed E-state index contributed by atoms with van der Waals surface area (Å²) in [7, 11) is -0.769. The molecule has 1 aromatic rings. The molecule has 2 aliphatic heterocycles. The van der Waals surface area contributed by atoms with Crippen LogP contribution in [0.5, 0.6) is 0 Å². The van der Waals surface area contributed by atoms with Gasteiger partial charge in [0.1, 0.15) is 5.82 Å². The van der Waals surface area contributed by atoms with E-state index in [0.29, 0.717) is 31.2 Å². The summed E-state index contributed by atoms with van der Waals surface area (Å²) in [4.78, 5) is 0. The Kier molecular flexibility index (Phi) is 3.95. The normalized spacial score (nSPS) is 36.8. The van der Waals surface area contributed by atoms with Gasteiger partial charge in [0.2, 0.25) is 0 Å². The Morgan fingerprint density at radius 1 is 1.25 bits per heavy atom. The lowest BCUT2D eigenvalue weighted by Gasteiger charge is -2.43. The standard InChI is InChI=1S/C16H21FO2S/c17-15-7-2-1-4-12(15)8-9-16(18)10-13-5-3-6-14(11-16)20(13)19/h1-2,4,7,13-14,18H,3,5-6,8-11H2. The Morgan fingerprint density at radius 3 is 2.55 bits per heavy atom. The van der Waals surface area contributed by atoms with Crippen molar-refractivity contribution in [2.24, 2.45) is 0 Å². The zero-order valence-corrected chi connectivity index (χ0v) is 12.4. The Bertz CT molecular complexity index is 501. The summed E-state index contributed by atoms with van der Waals surface area (Å²) in [6, 6.07) is 6.75. The predicted octanol–water partition coefficient (Wildman–Crippen LogP) is 2.95. The van der Waals surface area contributed by atoms with Gasteiger partial charge in [-0.25, -0.2) is 4.39 Å². The van der Waals surface area contributed by atoms with Crippen LogP contribution in [0.25, 0.3) is 0 Å². The number of aryl methyl sites for hydroxylation is 1. The van der Waals surface area contributed by atoms with Crippen LogP contribution in [-0.4, -0.2) is 25.4 Å².